The Kier molecular flexibility index (Phi) is 9.35. The standard InChI is InChI=1S/C20H34O4S/c1-15(21)14-25-13-7-6-9-17-16(18-11-12-19(17)24-18)8-4-2-3-5-10-20(22)23/h2,4,15-19,21H,3,5-14H2,1H3,(H,22,23)/b4-2-/t15?,16-,17+,18-,19+/m1/s1. The summed E-state index contributed by atoms with van der Waals surface area (Å²) in [5.74, 6) is 2.62. The van der Waals surface area contributed by atoms with Gasteiger partial charge in [0.2, 0.25) is 0 Å². The fraction of sp³-hybridized carbons (Fsp3) is 0.850. The van der Waals surface area contributed by atoms with Crippen LogP contribution in [-0.4, -0.2) is 46.0 Å². The van der Waals surface area contributed by atoms with Crippen molar-refractivity contribution in [3.05, 3.63) is 12.2 Å². The second-order valence-electron chi connectivity index (χ2n) is 7.53. The number of fused-ring (bicyclic) bond motifs is 2. The summed E-state index contributed by atoms with van der Waals surface area (Å²) in [4.78, 5) is 10.5. The lowest BCUT2D eigenvalue weighted by molar-refractivity contribution is -0.137. The first-order chi connectivity index (χ1) is 12.1. The zero-order valence-electron chi connectivity index (χ0n) is 15.4. The second-order valence-corrected chi connectivity index (χ2v) is 8.68. The largest absolute Gasteiger partial charge is 0.481 e. The zero-order valence-corrected chi connectivity index (χ0v) is 16.3. The first-order valence-electron chi connectivity index (χ1n) is 9.86. The molecular weight excluding hydrogens is 336 g/mol. The molecular formula is C20H34O4S. The molecule has 2 N–H and O–H groups in total. The molecule has 0 amide bonds. The molecule has 5 heteroatoms. The number of aliphatic hydroxyl groups is 1. The fourth-order valence-corrected chi connectivity index (χ4v) is 5.09. The monoisotopic (exact) mass is 370 g/mol. The maximum absolute atomic E-state index is 10.5. The summed E-state index contributed by atoms with van der Waals surface area (Å²) >= 11 is 1.85. The number of carboxylic acids is 1. The van der Waals surface area contributed by atoms with Gasteiger partial charge in [0.25, 0.3) is 0 Å². The fourth-order valence-electron chi connectivity index (χ4n) is 4.18. The van der Waals surface area contributed by atoms with Gasteiger partial charge in [0.1, 0.15) is 0 Å². The van der Waals surface area contributed by atoms with Crippen LogP contribution in [0.2, 0.25) is 0 Å². The molecule has 2 aliphatic rings. The highest BCUT2D eigenvalue weighted by Gasteiger charge is 2.47. The highest BCUT2D eigenvalue weighted by atomic mass is 32.2. The number of thioether (sulfide) groups is 1. The summed E-state index contributed by atoms with van der Waals surface area (Å²) in [5.41, 5.74) is 0. The average molecular weight is 371 g/mol. The number of hydrogen-bond donors (Lipinski definition) is 2. The number of allylic oxidation sites excluding steroid dienone is 2. The lowest BCUT2D eigenvalue weighted by Gasteiger charge is -2.27. The van der Waals surface area contributed by atoms with Crippen molar-refractivity contribution in [1.82, 2.24) is 0 Å². The van der Waals surface area contributed by atoms with Crippen LogP contribution in [0.1, 0.15) is 64.7 Å². The summed E-state index contributed by atoms with van der Waals surface area (Å²) in [5, 5.41) is 17.9. The Morgan fingerprint density at radius 3 is 2.68 bits per heavy atom. The molecule has 4 nitrogen and oxygen atoms in total. The number of carbonyl (C=O) groups is 1. The number of carboxylic acid groups (broad SMARTS) is 1. The molecule has 0 saturated carbocycles. The first-order valence-corrected chi connectivity index (χ1v) is 11.0. The van der Waals surface area contributed by atoms with Crippen molar-refractivity contribution >= 4 is 17.7 Å². The van der Waals surface area contributed by atoms with Gasteiger partial charge in [-0.2, -0.15) is 11.8 Å². The minimum absolute atomic E-state index is 0.198. The molecule has 0 aromatic rings. The van der Waals surface area contributed by atoms with E-state index >= 15 is 0 Å². The van der Waals surface area contributed by atoms with E-state index in [1.807, 2.05) is 18.7 Å². The quantitative estimate of drug-likeness (QED) is 0.374. The molecule has 2 fully saturated rings. The second kappa shape index (κ2) is 11.2. The van der Waals surface area contributed by atoms with Crippen molar-refractivity contribution in [2.45, 2.75) is 83.0 Å². The van der Waals surface area contributed by atoms with Gasteiger partial charge in [-0.1, -0.05) is 18.6 Å². The van der Waals surface area contributed by atoms with E-state index in [0.717, 1.165) is 30.8 Å². The third-order valence-electron chi connectivity index (χ3n) is 5.36. The van der Waals surface area contributed by atoms with Crippen molar-refractivity contribution in [2.24, 2.45) is 11.8 Å². The van der Waals surface area contributed by atoms with Crippen LogP contribution in [0.5, 0.6) is 0 Å². The SMILES string of the molecule is CC(O)CSCCCC[C@H]1[C@@H](C/C=C\CCCC(=O)O)[C@H]2CC[C@@H]1O2. The van der Waals surface area contributed by atoms with Crippen LogP contribution in [0.15, 0.2) is 12.2 Å². The molecule has 144 valence electrons. The lowest BCUT2D eigenvalue weighted by Crippen LogP contribution is -2.26. The molecule has 0 radical (unpaired) electrons. The van der Waals surface area contributed by atoms with E-state index in [1.54, 1.807) is 0 Å². The van der Waals surface area contributed by atoms with Gasteiger partial charge in [-0.15, -0.1) is 0 Å². The predicted molar refractivity (Wildman–Crippen MR) is 103 cm³/mol. The van der Waals surface area contributed by atoms with Crippen LogP contribution < -0.4 is 0 Å². The summed E-state index contributed by atoms with van der Waals surface area (Å²) in [6.45, 7) is 1.85. The van der Waals surface area contributed by atoms with E-state index in [2.05, 4.69) is 12.2 Å². The molecule has 2 rings (SSSR count). The van der Waals surface area contributed by atoms with Crippen LogP contribution >= 0.6 is 11.8 Å². The van der Waals surface area contributed by atoms with E-state index in [0.29, 0.717) is 24.0 Å². The van der Waals surface area contributed by atoms with E-state index in [1.165, 1.54) is 32.1 Å². The number of rotatable bonds is 13. The molecule has 0 spiro atoms. The Bertz CT molecular complexity index is 424. The average Bonchev–Trinajstić information content (AvgIpc) is 3.15. The molecule has 2 saturated heterocycles. The summed E-state index contributed by atoms with van der Waals surface area (Å²) in [7, 11) is 0. The predicted octanol–water partition coefficient (Wildman–Crippen LogP) is 4.27. The Balaban J connectivity index is 1.64. The number of unbranched alkanes of at least 4 members (excludes halogenated alkanes) is 2. The molecule has 0 aromatic carbocycles. The number of ether oxygens (including phenoxy) is 1. The third kappa shape index (κ3) is 7.32. The van der Waals surface area contributed by atoms with Gasteiger partial charge < -0.3 is 14.9 Å². The summed E-state index contributed by atoms with van der Waals surface area (Å²) in [6.07, 6.45) is 14.2. The lowest BCUT2D eigenvalue weighted by atomic mass is 9.75. The first kappa shape index (κ1) is 20.8. The highest BCUT2D eigenvalue weighted by Crippen LogP contribution is 2.47. The smallest absolute Gasteiger partial charge is 0.303 e. The van der Waals surface area contributed by atoms with Crippen LogP contribution in [0.3, 0.4) is 0 Å². The Labute approximate surface area is 156 Å². The van der Waals surface area contributed by atoms with Gasteiger partial charge in [0, 0.05) is 12.2 Å². The van der Waals surface area contributed by atoms with Gasteiger partial charge >= 0.3 is 5.97 Å². The molecule has 1 unspecified atom stereocenters. The number of hydrogen-bond acceptors (Lipinski definition) is 4. The van der Waals surface area contributed by atoms with Gasteiger partial charge in [-0.05, 0) is 69.5 Å². The molecule has 0 aliphatic carbocycles. The normalized spacial score (nSPS) is 29.5. The van der Waals surface area contributed by atoms with Gasteiger partial charge in [-0.25, -0.2) is 0 Å². The van der Waals surface area contributed by atoms with Gasteiger partial charge in [-0.3, -0.25) is 4.79 Å². The van der Waals surface area contributed by atoms with E-state index in [-0.39, 0.29) is 12.5 Å². The van der Waals surface area contributed by atoms with Crippen LogP contribution in [0.4, 0.5) is 0 Å². The van der Waals surface area contributed by atoms with Gasteiger partial charge in [0.05, 0.1) is 18.3 Å². The summed E-state index contributed by atoms with van der Waals surface area (Å²) in [6, 6.07) is 0. The Morgan fingerprint density at radius 2 is 1.96 bits per heavy atom. The molecule has 0 aromatic heterocycles. The van der Waals surface area contributed by atoms with Crippen LogP contribution in [-0.2, 0) is 9.53 Å². The van der Waals surface area contributed by atoms with Crippen molar-refractivity contribution in [2.75, 3.05) is 11.5 Å². The van der Waals surface area contributed by atoms with Crippen LogP contribution in [0.25, 0.3) is 0 Å². The molecule has 5 atom stereocenters. The topological polar surface area (TPSA) is 66.8 Å². The molecule has 2 aliphatic heterocycles. The zero-order chi connectivity index (χ0) is 18.1. The van der Waals surface area contributed by atoms with E-state index < -0.39 is 5.97 Å². The Hall–Kier alpha value is -0.520. The molecule has 25 heavy (non-hydrogen) atoms. The number of aliphatic carboxylic acids is 1. The molecule has 2 heterocycles. The van der Waals surface area contributed by atoms with E-state index in [4.69, 9.17) is 9.84 Å². The summed E-state index contributed by atoms with van der Waals surface area (Å²) < 4.78 is 6.17. The van der Waals surface area contributed by atoms with Crippen molar-refractivity contribution in [3.63, 3.8) is 0 Å². The maximum atomic E-state index is 10.5. The van der Waals surface area contributed by atoms with E-state index in [9.17, 15) is 9.90 Å². The third-order valence-corrected chi connectivity index (χ3v) is 6.66. The molecule has 2 bridgehead atoms. The van der Waals surface area contributed by atoms with Crippen molar-refractivity contribution in [1.29, 1.82) is 0 Å². The number of aliphatic hydroxyl groups excluding tert-OH is 1. The highest BCUT2D eigenvalue weighted by molar-refractivity contribution is 7.99. The Morgan fingerprint density at radius 1 is 1.20 bits per heavy atom. The maximum Gasteiger partial charge on any atom is 0.303 e. The minimum atomic E-state index is -0.707. The van der Waals surface area contributed by atoms with Crippen molar-refractivity contribution < 1.29 is 19.7 Å². The van der Waals surface area contributed by atoms with Crippen LogP contribution in [0, 0.1) is 11.8 Å². The van der Waals surface area contributed by atoms with Crippen molar-refractivity contribution in [3.8, 4) is 0 Å². The minimum Gasteiger partial charge on any atom is -0.481 e. The van der Waals surface area contributed by atoms with Gasteiger partial charge in [0.15, 0.2) is 0 Å².